The Bertz CT molecular complexity index is 788. The molecule has 0 fully saturated rings. The summed E-state index contributed by atoms with van der Waals surface area (Å²) in [4.78, 5) is 0.575. The molecule has 2 heterocycles. The molecule has 0 aliphatic rings. The molecule has 3 rings (SSSR count). The van der Waals surface area contributed by atoms with E-state index in [-0.39, 0.29) is 5.92 Å². The third kappa shape index (κ3) is 2.51. The van der Waals surface area contributed by atoms with Gasteiger partial charge in [-0.05, 0) is 12.1 Å². The van der Waals surface area contributed by atoms with Gasteiger partial charge in [-0.2, -0.15) is 22.8 Å². The lowest BCUT2D eigenvalue weighted by Gasteiger charge is -2.07. The van der Waals surface area contributed by atoms with Crippen LogP contribution in [0.25, 0.3) is 16.3 Å². The molecule has 4 nitrogen and oxygen atoms in total. The van der Waals surface area contributed by atoms with Gasteiger partial charge in [-0.15, -0.1) is 10.2 Å². The first-order valence-corrected chi connectivity index (χ1v) is 7.07. The highest BCUT2D eigenvalue weighted by atomic mass is 32.1. The van der Waals surface area contributed by atoms with Gasteiger partial charge in [0.2, 0.25) is 4.96 Å². The highest BCUT2D eigenvalue weighted by molar-refractivity contribution is 7.16. The van der Waals surface area contributed by atoms with Gasteiger partial charge in [-0.1, -0.05) is 37.3 Å². The molecule has 0 N–H and O–H groups in total. The molecule has 110 valence electrons. The average Bonchev–Trinajstić information content (AvgIpc) is 2.97. The van der Waals surface area contributed by atoms with Crippen LogP contribution in [0.15, 0.2) is 24.3 Å². The molecule has 0 aliphatic carbocycles. The van der Waals surface area contributed by atoms with Crippen LogP contribution in [-0.4, -0.2) is 19.8 Å². The number of hydrogen-bond donors (Lipinski definition) is 0. The summed E-state index contributed by atoms with van der Waals surface area (Å²) in [6.45, 7) is 3.99. The van der Waals surface area contributed by atoms with Crippen LogP contribution in [-0.2, 0) is 6.18 Å². The fraction of sp³-hybridized carbons (Fsp3) is 0.308. The lowest BCUT2D eigenvalue weighted by atomic mass is 10.1. The number of nitrogens with zero attached hydrogens (tertiary/aromatic N) is 4. The zero-order chi connectivity index (χ0) is 15.2. The molecule has 0 saturated heterocycles. The minimum atomic E-state index is -4.38. The van der Waals surface area contributed by atoms with E-state index in [4.69, 9.17) is 0 Å². The first-order chi connectivity index (χ1) is 9.86. The maximum absolute atomic E-state index is 12.8. The third-order valence-corrected chi connectivity index (χ3v) is 4.15. The number of alkyl halides is 3. The lowest BCUT2D eigenvalue weighted by Crippen LogP contribution is -2.05. The van der Waals surface area contributed by atoms with E-state index in [9.17, 15) is 13.2 Å². The van der Waals surface area contributed by atoms with Gasteiger partial charge in [-0.25, -0.2) is 0 Å². The van der Waals surface area contributed by atoms with Crippen LogP contribution in [0.3, 0.4) is 0 Å². The van der Waals surface area contributed by atoms with Crippen molar-refractivity contribution in [1.29, 1.82) is 0 Å². The standard InChI is InChI=1S/C13H11F3N4S/c1-7(2)11-19-20-10(17-18-12(20)21-11)8-4-3-5-9(6-8)13(14,15)16/h3-7H,1-2H3. The maximum Gasteiger partial charge on any atom is 0.416 e. The second-order valence-corrected chi connectivity index (χ2v) is 5.88. The summed E-state index contributed by atoms with van der Waals surface area (Å²) in [6, 6.07) is 5.02. The molecule has 8 heteroatoms. The van der Waals surface area contributed by atoms with E-state index in [0.29, 0.717) is 16.3 Å². The summed E-state index contributed by atoms with van der Waals surface area (Å²) < 4.78 is 39.8. The largest absolute Gasteiger partial charge is 0.416 e. The Morgan fingerprint density at radius 2 is 1.95 bits per heavy atom. The average molecular weight is 312 g/mol. The molecule has 21 heavy (non-hydrogen) atoms. The molecular formula is C13H11F3N4S. The van der Waals surface area contributed by atoms with E-state index in [1.165, 1.54) is 21.9 Å². The van der Waals surface area contributed by atoms with E-state index in [0.717, 1.165) is 17.1 Å². The summed E-state index contributed by atoms with van der Waals surface area (Å²) in [5.74, 6) is 0.547. The zero-order valence-electron chi connectivity index (χ0n) is 11.2. The third-order valence-electron chi connectivity index (χ3n) is 2.95. The second-order valence-electron chi connectivity index (χ2n) is 4.89. The Morgan fingerprint density at radius 1 is 1.19 bits per heavy atom. The molecule has 1 aromatic carbocycles. The molecule has 0 spiro atoms. The monoisotopic (exact) mass is 312 g/mol. The van der Waals surface area contributed by atoms with E-state index in [1.807, 2.05) is 13.8 Å². The Balaban J connectivity index is 2.12. The molecule has 0 bridgehead atoms. The molecule has 0 atom stereocenters. The van der Waals surface area contributed by atoms with Gasteiger partial charge in [0.15, 0.2) is 5.82 Å². The fourth-order valence-corrected chi connectivity index (χ4v) is 2.72. The quantitative estimate of drug-likeness (QED) is 0.718. The number of benzene rings is 1. The van der Waals surface area contributed by atoms with E-state index in [1.54, 1.807) is 6.07 Å². The Kier molecular flexibility index (Phi) is 3.20. The molecule has 3 aromatic rings. The number of fused-ring (bicyclic) bond motifs is 1. The van der Waals surface area contributed by atoms with Crippen molar-refractivity contribution in [2.45, 2.75) is 25.9 Å². The van der Waals surface area contributed by atoms with Crippen molar-refractivity contribution in [2.24, 2.45) is 0 Å². The van der Waals surface area contributed by atoms with E-state index in [2.05, 4.69) is 15.3 Å². The predicted octanol–water partition coefficient (Wildman–Crippen LogP) is 4.00. The summed E-state index contributed by atoms with van der Waals surface area (Å²) in [6.07, 6.45) is -4.38. The lowest BCUT2D eigenvalue weighted by molar-refractivity contribution is -0.137. The van der Waals surface area contributed by atoms with Crippen LogP contribution in [0.4, 0.5) is 13.2 Å². The van der Waals surface area contributed by atoms with Crippen molar-refractivity contribution in [3.05, 3.63) is 34.8 Å². The van der Waals surface area contributed by atoms with Crippen LogP contribution in [0.1, 0.15) is 30.3 Å². The van der Waals surface area contributed by atoms with Gasteiger partial charge in [0.1, 0.15) is 5.01 Å². The van der Waals surface area contributed by atoms with Gasteiger partial charge in [0.25, 0.3) is 0 Å². The fourth-order valence-electron chi connectivity index (χ4n) is 1.88. The number of rotatable bonds is 2. The summed E-state index contributed by atoms with van der Waals surface area (Å²) >= 11 is 1.39. The maximum atomic E-state index is 12.8. The van der Waals surface area contributed by atoms with Crippen LogP contribution in [0.5, 0.6) is 0 Å². The minimum absolute atomic E-state index is 0.228. The van der Waals surface area contributed by atoms with Gasteiger partial charge < -0.3 is 0 Å². The molecule has 2 aromatic heterocycles. The highest BCUT2D eigenvalue weighted by Gasteiger charge is 2.31. The van der Waals surface area contributed by atoms with Gasteiger partial charge >= 0.3 is 6.18 Å². The Hall–Kier alpha value is -1.96. The van der Waals surface area contributed by atoms with Gasteiger partial charge in [0, 0.05) is 11.5 Å². The van der Waals surface area contributed by atoms with Crippen molar-refractivity contribution in [2.75, 3.05) is 0 Å². The van der Waals surface area contributed by atoms with Crippen LogP contribution in [0, 0.1) is 0 Å². The van der Waals surface area contributed by atoms with Crippen LogP contribution >= 0.6 is 11.3 Å². The highest BCUT2D eigenvalue weighted by Crippen LogP contribution is 2.32. The van der Waals surface area contributed by atoms with Gasteiger partial charge in [-0.3, -0.25) is 0 Å². The molecule has 0 saturated carbocycles. The summed E-state index contributed by atoms with van der Waals surface area (Å²) in [5, 5.41) is 13.2. The van der Waals surface area contributed by atoms with E-state index >= 15 is 0 Å². The SMILES string of the molecule is CC(C)c1nn2c(-c3cccc(C(F)(F)F)c3)nnc2s1. The van der Waals surface area contributed by atoms with Crippen molar-refractivity contribution in [1.82, 2.24) is 19.8 Å². The van der Waals surface area contributed by atoms with Crippen molar-refractivity contribution in [3.63, 3.8) is 0 Å². The molecule has 0 radical (unpaired) electrons. The van der Waals surface area contributed by atoms with E-state index < -0.39 is 11.7 Å². The van der Waals surface area contributed by atoms with Crippen LogP contribution < -0.4 is 0 Å². The normalized spacial score (nSPS) is 12.5. The molecule has 0 amide bonds. The van der Waals surface area contributed by atoms with Crippen LogP contribution in [0.2, 0.25) is 0 Å². The summed E-state index contributed by atoms with van der Waals surface area (Å²) in [7, 11) is 0. The molecule has 0 unspecified atom stereocenters. The van der Waals surface area contributed by atoms with Crippen molar-refractivity contribution >= 4 is 16.3 Å². The van der Waals surface area contributed by atoms with Crippen molar-refractivity contribution < 1.29 is 13.2 Å². The Labute approximate surface area is 122 Å². The number of aromatic nitrogens is 4. The Morgan fingerprint density at radius 3 is 2.62 bits per heavy atom. The van der Waals surface area contributed by atoms with Gasteiger partial charge in [0.05, 0.1) is 5.56 Å². The van der Waals surface area contributed by atoms with Crippen molar-refractivity contribution in [3.8, 4) is 11.4 Å². The number of hydrogen-bond acceptors (Lipinski definition) is 4. The smallest absolute Gasteiger partial charge is 0.183 e. The molecule has 0 aliphatic heterocycles. The predicted molar refractivity (Wildman–Crippen MR) is 73.2 cm³/mol. The zero-order valence-corrected chi connectivity index (χ0v) is 12.0. The first kappa shape index (κ1) is 14.0. The topological polar surface area (TPSA) is 43.1 Å². The first-order valence-electron chi connectivity index (χ1n) is 6.26. The second kappa shape index (κ2) is 4.80. The summed E-state index contributed by atoms with van der Waals surface area (Å²) in [5.41, 5.74) is -0.367. The number of halogens is 3. The minimum Gasteiger partial charge on any atom is -0.183 e. The molecular weight excluding hydrogens is 301 g/mol.